The lowest BCUT2D eigenvalue weighted by Gasteiger charge is -2.49. The predicted molar refractivity (Wildman–Crippen MR) is 79.1 cm³/mol. The first-order valence-electron chi connectivity index (χ1n) is 8.13. The Balaban J connectivity index is 2.07. The Hall–Kier alpha value is -0.590. The molecule has 2 aliphatic carbocycles. The summed E-state index contributed by atoms with van der Waals surface area (Å²) in [5.41, 5.74) is -1.31. The molecule has 0 aliphatic heterocycles. The smallest absolute Gasteiger partial charge is 0.0860 e. The molecule has 3 nitrogen and oxygen atoms in total. The van der Waals surface area contributed by atoms with Crippen molar-refractivity contribution in [2.24, 2.45) is 17.3 Å². The van der Waals surface area contributed by atoms with Crippen LogP contribution < -0.4 is 0 Å². The number of aliphatic hydroxyl groups is 1. The third-order valence-electron chi connectivity index (χ3n) is 6.02. The summed E-state index contributed by atoms with van der Waals surface area (Å²) >= 11 is 0. The van der Waals surface area contributed by atoms with Crippen LogP contribution in [0.3, 0.4) is 0 Å². The van der Waals surface area contributed by atoms with Crippen LogP contribution in [0, 0.1) is 28.6 Å². The Kier molecular flexibility index (Phi) is 4.76. The van der Waals surface area contributed by atoms with Crippen molar-refractivity contribution in [2.75, 3.05) is 7.11 Å². The van der Waals surface area contributed by atoms with Gasteiger partial charge >= 0.3 is 0 Å². The third-order valence-corrected chi connectivity index (χ3v) is 6.02. The molecule has 0 aromatic heterocycles. The molecule has 0 aromatic rings. The molecule has 0 radical (unpaired) electrons. The van der Waals surface area contributed by atoms with Crippen molar-refractivity contribution in [3.8, 4) is 6.07 Å². The van der Waals surface area contributed by atoms with Crippen LogP contribution in [0.4, 0.5) is 0 Å². The van der Waals surface area contributed by atoms with Gasteiger partial charge in [0.1, 0.15) is 0 Å². The Morgan fingerprint density at radius 2 is 1.65 bits per heavy atom. The SMILES string of the molecule is COC1CCC(O)(C2(C#N)CCC(C(C)C)CC2)CC1. The van der Waals surface area contributed by atoms with Gasteiger partial charge in [0.05, 0.1) is 23.2 Å². The molecule has 0 bridgehead atoms. The van der Waals surface area contributed by atoms with Crippen molar-refractivity contribution in [1.82, 2.24) is 0 Å². The Labute approximate surface area is 123 Å². The molecular formula is C17H29NO2. The minimum Gasteiger partial charge on any atom is -0.388 e. The minimum atomic E-state index is -0.793. The monoisotopic (exact) mass is 279 g/mol. The quantitative estimate of drug-likeness (QED) is 0.857. The van der Waals surface area contributed by atoms with Crippen molar-refractivity contribution in [3.63, 3.8) is 0 Å². The molecule has 0 spiro atoms. The molecule has 0 saturated heterocycles. The first-order valence-corrected chi connectivity index (χ1v) is 8.13. The fourth-order valence-corrected chi connectivity index (χ4v) is 4.26. The van der Waals surface area contributed by atoms with Crippen LogP contribution in [-0.4, -0.2) is 23.9 Å². The van der Waals surface area contributed by atoms with Crippen molar-refractivity contribution in [3.05, 3.63) is 0 Å². The van der Waals surface area contributed by atoms with E-state index in [-0.39, 0.29) is 6.10 Å². The van der Waals surface area contributed by atoms with E-state index in [0.717, 1.165) is 44.4 Å². The van der Waals surface area contributed by atoms with Crippen LogP contribution in [-0.2, 0) is 4.74 Å². The summed E-state index contributed by atoms with van der Waals surface area (Å²) < 4.78 is 5.39. The van der Waals surface area contributed by atoms with Gasteiger partial charge in [0, 0.05) is 7.11 Å². The van der Waals surface area contributed by atoms with Crippen LogP contribution in [0.2, 0.25) is 0 Å². The summed E-state index contributed by atoms with van der Waals surface area (Å²) in [7, 11) is 1.74. The number of nitrogens with zero attached hydrogens (tertiary/aromatic N) is 1. The number of rotatable bonds is 3. The van der Waals surface area contributed by atoms with Gasteiger partial charge in [-0.1, -0.05) is 13.8 Å². The van der Waals surface area contributed by atoms with Crippen LogP contribution in [0.15, 0.2) is 0 Å². The molecule has 1 N–H and O–H groups in total. The summed E-state index contributed by atoms with van der Waals surface area (Å²) in [6.45, 7) is 4.53. The normalized spacial score (nSPS) is 42.4. The molecule has 0 amide bonds. The maximum atomic E-state index is 11.1. The second-order valence-electron chi connectivity index (χ2n) is 7.24. The molecule has 3 heteroatoms. The highest BCUT2D eigenvalue weighted by Crippen LogP contribution is 2.52. The van der Waals surface area contributed by atoms with E-state index in [2.05, 4.69) is 19.9 Å². The van der Waals surface area contributed by atoms with Crippen LogP contribution in [0.25, 0.3) is 0 Å². The second-order valence-corrected chi connectivity index (χ2v) is 7.24. The number of methoxy groups -OCH3 is 1. The number of nitriles is 1. The van der Waals surface area contributed by atoms with Crippen LogP contribution >= 0.6 is 0 Å². The van der Waals surface area contributed by atoms with Crippen molar-refractivity contribution in [1.29, 1.82) is 5.26 Å². The van der Waals surface area contributed by atoms with Crippen molar-refractivity contribution < 1.29 is 9.84 Å². The molecule has 2 fully saturated rings. The van der Waals surface area contributed by atoms with Gasteiger partial charge in [0.25, 0.3) is 0 Å². The lowest BCUT2D eigenvalue weighted by molar-refractivity contribution is -0.123. The molecule has 2 rings (SSSR count). The van der Waals surface area contributed by atoms with E-state index in [1.807, 2.05) is 0 Å². The van der Waals surface area contributed by atoms with Gasteiger partial charge in [-0.05, 0) is 63.2 Å². The Morgan fingerprint density at radius 3 is 2.05 bits per heavy atom. The zero-order chi connectivity index (χ0) is 14.8. The lowest BCUT2D eigenvalue weighted by Crippen LogP contribution is -2.52. The number of ether oxygens (including phenoxy) is 1. The number of hydrogen-bond donors (Lipinski definition) is 1. The summed E-state index contributed by atoms with van der Waals surface area (Å²) in [5.74, 6) is 1.40. The van der Waals surface area contributed by atoms with Crippen molar-refractivity contribution >= 4 is 0 Å². The first-order chi connectivity index (χ1) is 9.46. The van der Waals surface area contributed by atoms with Gasteiger partial charge in [-0.2, -0.15) is 5.26 Å². The molecule has 20 heavy (non-hydrogen) atoms. The molecule has 2 aliphatic rings. The highest BCUT2D eigenvalue weighted by molar-refractivity contribution is 5.14. The van der Waals surface area contributed by atoms with Gasteiger partial charge in [0.2, 0.25) is 0 Å². The Morgan fingerprint density at radius 1 is 1.10 bits per heavy atom. The molecule has 0 atom stereocenters. The van der Waals surface area contributed by atoms with Gasteiger partial charge in [0.15, 0.2) is 0 Å². The van der Waals surface area contributed by atoms with E-state index >= 15 is 0 Å². The van der Waals surface area contributed by atoms with E-state index in [4.69, 9.17) is 4.74 Å². The summed E-state index contributed by atoms with van der Waals surface area (Å²) in [6.07, 6.45) is 7.34. The molecule has 114 valence electrons. The van der Waals surface area contributed by atoms with E-state index in [9.17, 15) is 10.4 Å². The topological polar surface area (TPSA) is 53.2 Å². The van der Waals surface area contributed by atoms with Crippen LogP contribution in [0.1, 0.15) is 65.2 Å². The van der Waals surface area contributed by atoms with E-state index in [0.29, 0.717) is 18.8 Å². The summed E-state index contributed by atoms with van der Waals surface area (Å²) in [6, 6.07) is 2.53. The Bertz CT molecular complexity index is 356. The van der Waals surface area contributed by atoms with E-state index in [1.165, 1.54) is 0 Å². The summed E-state index contributed by atoms with van der Waals surface area (Å²) in [4.78, 5) is 0. The second kappa shape index (κ2) is 6.03. The van der Waals surface area contributed by atoms with Gasteiger partial charge < -0.3 is 9.84 Å². The maximum absolute atomic E-state index is 11.1. The zero-order valence-electron chi connectivity index (χ0n) is 13.2. The fourth-order valence-electron chi connectivity index (χ4n) is 4.26. The van der Waals surface area contributed by atoms with Gasteiger partial charge in [-0.3, -0.25) is 0 Å². The van der Waals surface area contributed by atoms with Gasteiger partial charge in [-0.15, -0.1) is 0 Å². The largest absolute Gasteiger partial charge is 0.388 e. The van der Waals surface area contributed by atoms with Crippen molar-refractivity contribution in [2.45, 2.75) is 76.9 Å². The highest BCUT2D eigenvalue weighted by Gasteiger charge is 2.53. The average Bonchev–Trinajstić information content (AvgIpc) is 2.48. The van der Waals surface area contributed by atoms with Gasteiger partial charge in [-0.25, -0.2) is 0 Å². The highest BCUT2D eigenvalue weighted by atomic mass is 16.5. The molecular weight excluding hydrogens is 250 g/mol. The lowest BCUT2D eigenvalue weighted by atomic mass is 9.57. The predicted octanol–water partition coefficient (Wildman–Crippen LogP) is 3.66. The fraction of sp³-hybridized carbons (Fsp3) is 0.941. The minimum absolute atomic E-state index is 0.262. The maximum Gasteiger partial charge on any atom is 0.0860 e. The summed E-state index contributed by atoms with van der Waals surface area (Å²) in [5, 5.41) is 20.9. The third kappa shape index (κ3) is 2.73. The molecule has 0 aromatic carbocycles. The first kappa shape index (κ1) is 15.8. The molecule has 0 heterocycles. The van der Waals surface area contributed by atoms with Crippen LogP contribution in [0.5, 0.6) is 0 Å². The standard InChI is InChI=1S/C17H29NO2/c1-13(2)14-4-8-16(12-18,9-5-14)17(19)10-6-15(20-3)7-11-17/h13-15,19H,4-11H2,1-3H3. The molecule has 0 unspecified atom stereocenters. The van der Waals surface area contributed by atoms with E-state index < -0.39 is 11.0 Å². The zero-order valence-corrected chi connectivity index (χ0v) is 13.2. The average molecular weight is 279 g/mol. The van der Waals surface area contributed by atoms with E-state index in [1.54, 1.807) is 7.11 Å². The molecule has 2 saturated carbocycles. The number of hydrogen-bond acceptors (Lipinski definition) is 3.